The van der Waals surface area contributed by atoms with E-state index >= 15 is 0 Å². The number of carbonyl (C=O) groups excluding carboxylic acids is 1. The monoisotopic (exact) mass is 463 g/mol. The van der Waals surface area contributed by atoms with Gasteiger partial charge in [-0.25, -0.2) is 24.5 Å². The number of ether oxygens (including phenoxy) is 1. The highest BCUT2D eigenvalue weighted by Crippen LogP contribution is 2.43. The topological polar surface area (TPSA) is 141 Å². The van der Waals surface area contributed by atoms with Crippen molar-refractivity contribution in [2.75, 3.05) is 10.6 Å². The Bertz CT molecular complexity index is 1460. The molecule has 1 saturated carbocycles. The molecule has 4 aromatic rings. The average molecular weight is 463 g/mol. The predicted molar refractivity (Wildman–Crippen MR) is 126 cm³/mol. The van der Waals surface area contributed by atoms with Crippen LogP contribution < -0.4 is 10.6 Å². The van der Waals surface area contributed by atoms with Crippen LogP contribution in [0, 0.1) is 6.92 Å². The van der Waals surface area contributed by atoms with Crippen molar-refractivity contribution in [3.8, 4) is 11.3 Å². The zero-order valence-electron chi connectivity index (χ0n) is 19.3. The van der Waals surface area contributed by atoms with Crippen molar-refractivity contribution in [2.45, 2.75) is 52.2 Å². The van der Waals surface area contributed by atoms with E-state index in [0.717, 1.165) is 24.2 Å². The summed E-state index contributed by atoms with van der Waals surface area (Å²) in [6.07, 6.45) is 4.35. The third kappa shape index (κ3) is 3.49. The van der Waals surface area contributed by atoms with E-state index in [1.165, 1.54) is 6.33 Å². The average Bonchev–Trinajstić information content (AvgIpc) is 3.40. The minimum absolute atomic E-state index is 0.0658. The van der Waals surface area contributed by atoms with Crippen molar-refractivity contribution in [3.63, 3.8) is 0 Å². The quantitative estimate of drug-likeness (QED) is 0.456. The number of rotatable bonds is 3. The van der Waals surface area contributed by atoms with E-state index in [1.54, 1.807) is 33.0 Å². The SMILES string of the molecule is Cc1cnc2c(N)ccc(-c3cn(C4CC4)c4ncnc(N(C(=O)O)C(=O)OC(C)(C)C)c34)n12. The number of imide groups is 1. The Kier molecular flexibility index (Phi) is 4.74. The minimum Gasteiger partial charge on any atom is -0.464 e. The first-order valence-corrected chi connectivity index (χ1v) is 10.9. The van der Waals surface area contributed by atoms with Crippen LogP contribution in [0.3, 0.4) is 0 Å². The highest BCUT2D eigenvalue weighted by Gasteiger charge is 2.35. The fraction of sp³-hybridized carbons (Fsp3) is 0.348. The molecule has 5 rings (SSSR count). The van der Waals surface area contributed by atoms with E-state index in [2.05, 4.69) is 15.0 Å². The molecular weight excluding hydrogens is 438 g/mol. The lowest BCUT2D eigenvalue weighted by molar-refractivity contribution is 0.0581. The van der Waals surface area contributed by atoms with Gasteiger partial charge in [0.15, 0.2) is 11.5 Å². The van der Waals surface area contributed by atoms with Crippen LogP contribution in [-0.4, -0.2) is 46.8 Å². The lowest BCUT2D eigenvalue weighted by Gasteiger charge is -2.24. The van der Waals surface area contributed by atoms with E-state index in [0.29, 0.717) is 32.8 Å². The molecule has 0 atom stereocenters. The molecule has 34 heavy (non-hydrogen) atoms. The van der Waals surface area contributed by atoms with Crippen LogP contribution >= 0.6 is 0 Å². The third-order valence-corrected chi connectivity index (χ3v) is 5.64. The van der Waals surface area contributed by atoms with Gasteiger partial charge in [0.2, 0.25) is 0 Å². The maximum atomic E-state index is 12.9. The molecule has 4 heterocycles. The van der Waals surface area contributed by atoms with Crippen molar-refractivity contribution in [1.29, 1.82) is 0 Å². The molecule has 0 bridgehead atoms. The number of imidazole rings is 1. The van der Waals surface area contributed by atoms with Gasteiger partial charge in [0.05, 0.1) is 16.8 Å². The van der Waals surface area contributed by atoms with Crippen LogP contribution in [0.2, 0.25) is 0 Å². The molecular formula is C23H25N7O4. The molecule has 0 saturated heterocycles. The van der Waals surface area contributed by atoms with Crippen LogP contribution in [0.15, 0.2) is 30.9 Å². The summed E-state index contributed by atoms with van der Waals surface area (Å²) >= 11 is 0. The zero-order chi connectivity index (χ0) is 24.4. The van der Waals surface area contributed by atoms with Crippen molar-refractivity contribution >= 4 is 40.4 Å². The van der Waals surface area contributed by atoms with Gasteiger partial charge in [-0.15, -0.1) is 0 Å². The van der Waals surface area contributed by atoms with Gasteiger partial charge in [0, 0.05) is 29.7 Å². The van der Waals surface area contributed by atoms with Crippen LogP contribution in [0.5, 0.6) is 0 Å². The molecule has 176 valence electrons. The van der Waals surface area contributed by atoms with E-state index in [1.807, 2.05) is 28.2 Å². The number of pyridine rings is 1. The molecule has 1 fully saturated rings. The Balaban J connectivity index is 1.81. The van der Waals surface area contributed by atoms with E-state index in [9.17, 15) is 14.7 Å². The number of nitrogens with zero attached hydrogens (tertiary/aromatic N) is 6. The molecule has 4 aromatic heterocycles. The fourth-order valence-electron chi connectivity index (χ4n) is 4.10. The number of amides is 2. The summed E-state index contributed by atoms with van der Waals surface area (Å²) in [6.45, 7) is 6.91. The normalized spacial score (nSPS) is 14.0. The number of nitrogen functional groups attached to an aromatic ring is 1. The lowest BCUT2D eigenvalue weighted by Crippen LogP contribution is -2.40. The van der Waals surface area contributed by atoms with Crippen LogP contribution in [0.4, 0.5) is 21.1 Å². The second kappa shape index (κ2) is 7.44. The van der Waals surface area contributed by atoms with Gasteiger partial charge in [0.25, 0.3) is 0 Å². The van der Waals surface area contributed by atoms with Crippen molar-refractivity contribution in [1.82, 2.24) is 23.9 Å². The van der Waals surface area contributed by atoms with Crippen LogP contribution in [0.1, 0.15) is 45.3 Å². The fourth-order valence-corrected chi connectivity index (χ4v) is 4.10. The standard InChI is InChI=1S/C23H25N7O4/c1-12-9-25-18-15(24)7-8-16(29(12)18)14-10-28(13-5-6-13)19-17(14)20(27-11-26-19)30(21(31)32)22(33)34-23(2,3)4/h7-11,13H,5-6,24H2,1-4H3,(H,31,32). The van der Waals surface area contributed by atoms with E-state index < -0.39 is 17.8 Å². The number of fused-ring (bicyclic) bond motifs is 2. The molecule has 0 unspecified atom stereocenters. The Morgan fingerprint density at radius 2 is 1.91 bits per heavy atom. The molecule has 1 aliphatic rings. The summed E-state index contributed by atoms with van der Waals surface area (Å²) in [5, 5.41) is 10.4. The van der Waals surface area contributed by atoms with Gasteiger partial charge < -0.3 is 20.1 Å². The Hall–Kier alpha value is -4.15. The number of nitrogens with two attached hydrogens (primary N) is 1. The summed E-state index contributed by atoms with van der Waals surface area (Å²) in [5.41, 5.74) is 9.15. The molecule has 11 nitrogen and oxygen atoms in total. The first-order valence-electron chi connectivity index (χ1n) is 10.9. The molecule has 0 aliphatic heterocycles. The molecule has 0 aromatic carbocycles. The number of aromatic nitrogens is 5. The minimum atomic E-state index is -1.50. The number of hydrogen-bond donors (Lipinski definition) is 2. The number of anilines is 2. The first kappa shape index (κ1) is 21.7. The number of carboxylic acid groups (broad SMARTS) is 1. The number of aryl methyl sites for hydroxylation is 1. The summed E-state index contributed by atoms with van der Waals surface area (Å²) in [6, 6.07) is 3.84. The lowest BCUT2D eigenvalue weighted by atomic mass is 10.1. The van der Waals surface area contributed by atoms with Crippen molar-refractivity contribution in [2.24, 2.45) is 0 Å². The summed E-state index contributed by atoms with van der Waals surface area (Å²) in [7, 11) is 0. The van der Waals surface area contributed by atoms with Crippen molar-refractivity contribution in [3.05, 3.63) is 36.5 Å². The molecule has 1 aliphatic carbocycles. The molecule has 3 N–H and O–H groups in total. The van der Waals surface area contributed by atoms with Gasteiger partial charge in [0.1, 0.15) is 17.6 Å². The second-order valence-electron chi connectivity index (χ2n) is 9.41. The van der Waals surface area contributed by atoms with Gasteiger partial charge in [-0.2, -0.15) is 4.90 Å². The van der Waals surface area contributed by atoms with Gasteiger partial charge in [-0.1, -0.05) is 0 Å². The van der Waals surface area contributed by atoms with Crippen LogP contribution in [-0.2, 0) is 4.74 Å². The predicted octanol–water partition coefficient (Wildman–Crippen LogP) is 4.39. The summed E-state index contributed by atoms with van der Waals surface area (Å²) in [4.78, 5) is 38.9. The van der Waals surface area contributed by atoms with Gasteiger partial charge >= 0.3 is 12.2 Å². The highest BCUT2D eigenvalue weighted by molar-refractivity contribution is 6.15. The van der Waals surface area contributed by atoms with E-state index in [4.69, 9.17) is 10.5 Å². The summed E-state index contributed by atoms with van der Waals surface area (Å²) < 4.78 is 9.29. The number of hydrogen-bond acceptors (Lipinski definition) is 7. The largest absolute Gasteiger partial charge is 0.464 e. The maximum absolute atomic E-state index is 12.9. The second-order valence-corrected chi connectivity index (χ2v) is 9.41. The van der Waals surface area contributed by atoms with Crippen LogP contribution in [0.25, 0.3) is 27.9 Å². The molecule has 0 spiro atoms. The van der Waals surface area contributed by atoms with Crippen molar-refractivity contribution < 1.29 is 19.4 Å². The molecule has 2 amide bonds. The Morgan fingerprint density at radius 3 is 2.56 bits per heavy atom. The highest BCUT2D eigenvalue weighted by atomic mass is 16.6. The van der Waals surface area contributed by atoms with Gasteiger partial charge in [-0.05, 0) is 52.7 Å². The van der Waals surface area contributed by atoms with E-state index in [-0.39, 0.29) is 11.9 Å². The first-order chi connectivity index (χ1) is 16.1. The third-order valence-electron chi connectivity index (χ3n) is 5.64. The molecule has 0 radical (unpaired) electrons. The van der Waals surface area contributed by atoms with Gasteiger partial charge in [-0.3, -0.25) is 4.40 Å². The smallest absolute Gasteiger partial charge is 0.425 e. The Labute approximate surface area is 194 Å². The zero-order valence-corrected chi connectivity index (χ0v) is 19.3. The molecule has 11 heteroatoms. The number of carbonyl (C=O) groups is 2. The Morgan fingerprint density at radius 1 is 1.18 bits per heavy atom. The maximum Gasteiger partial charge on any atom is 0.425 e. The summed E-state index contributed by atoms with van der Waals surface area (Å²) in [5.74, 6) is -0.0658.